The number of anilines is 3. The molecule has 3 N–H and O–H groups in total. The Morgan fingerprint density at radius 2 is 1.87 bits per heavy atom. The van der Waals surface area contributed by atoms with Crippen molar-refractivity contribution in [3.63, 3.8) is 0 Å². The topological polar surface area (TPSA) is 108 Å². The fourth-order valence-corrected chi connectivity index (χ4v) is 4.51. The van der Waals surface area contributed by atoms with Crippen molar-refractivity contribution in [2.45, 2.75) is 6.92 Å². The van der Waals surface area contributed by atoms with Gasteiger partial charge in [0.25, 0.3) is 5.91 Å². The molecule has 2 aromatic heterocycles. The van der Waals surface area contributed by atoms with Gasteiger partial charge >= 0.3 is 0 Å². The lowest BCUT2D eigenvalue weighted by Crippen LogP contribution is -2.44. The summed E-state index contributed by atoms with van der Waals surface area (Å²) in [5, 5.41) is 6.15. The van der Waals surface area contributed by atoms with Crippen LogP contribution in [-0.2, 0) is 0 Å². The van der Waals surface area contributed by atoms with E-state index in [4.69, 9.17) is 9.47 Å². The third-order valence-corrected chi connectivity index (χ3v) is 6.62. The van der Waals surface area contributed by atoms with Gasteiger partial charge in [-0.05, 0) is 44.3 Å². The van der Waals surface area contributed by atoms with Gasteiger partial charge in [0.2, 0.25) is 5.88 Å². The van der Waals surface area contributed by atoms with E-state index in [0.29, 0.717) is 22.3 Å². The van der Waals surface area contributed by atoms with Crippen LogP contribution in [0.4, 0.5) is 21.6 Å². The molecular formula is C27H30FN7O3. The molecule has 2 aromatic carbocycles. The van der Waals surface area contributed by atoms with Crippen LogP contribution in [0.3, 0.4) is 0 Å². The summed E-state index contributed by atoms with van der Waals surface area (Å²) >= 11 is 0. The zero-order chi connectivity index (χ0) is 26.8. The van der Waals surface area contributed by atoms with E-state index in [9.17, 15) is 4.79 Å². The summed E-state index contributed by atoms with van der Waals surface area (Å²) in [5.74, 6) is -0.399. The van der Waals surface area contributed by atoms with Gasteiger partial charge in [-0.2, -0.15) is 0 Å². The maximum atomic E-state index is 15.2. The number of carbonyl (C=O) groups is 1. The summed E-state index contributed by atoms with van der Waals surface area (Å²) in [4.78, 5) is 29.0. The standard InChI is InChI=1S/C27H30FN7O3/c1-16-13-18-19(32-16)7-8-21(24(18)28)38-27-23(26(36)29-2)25(30-15-31-27)33-20-6-5-17(14-22(20)37-4)35-11-9-34(3)10-12-35/h5-8,13-15,32H,9-12H2,1-4H3,(H,29,36)(H,30,31,33). The smallest absolute Gasteiger partial charge is 0.260 e. The lowest BCUT2D eigenvalue weighted by molar-refractivity contribution is 0.0960. The Labute approximate surface area is 219 Å². The van der Waals surface area contributed by atoms with Crippen molar-refractivity contribution in [1.29, 1.82) is 0 Å². The number of nitrogens with zero attached hydrogens (tertiary/aromatic N) is 4. The van der Waals surface area contributed by atoms with Gasteiger partial charge in [-0.15, -0.1) is 0 Å². The number of aryl methyl sites for hydroxylation is 1. The van der Waals surface area contributed by atoms with Crippen molar-refractivity contribution in [2.24, 2.45) is 0 Å². The number of H-pyrrole nitrogens is 1. The van der Waals surface area contributed by atoms with Crippen LogP contribution < -0.4 is 25.0 Å². The number of ether oxygens (including phenoxy) is 2. The predicted octanol–water partition coefficient (Wildman–Crippen LogP) is 4.06. The van der Waals surface area contributed by atoms with Gasteiger partial charge in [-0.1, -0.05) is 0 Å². The lowest BCUT2D eigenvalue weighted by Gasteiger charge is -2.34. The van der Waals surface area contributed by atoms with Crippen molar-refractivity contribution in [2.75, 3.05) is 57.6 Å². The van der Waals surface area contributed by atoms with Crippen LogP contribution in [0.1, 0.15) is 16.1 Å². The van der Waals surface area contributed by atoms with Crippen LogP contribution in [0.5, 0.6) is 17.4 Å². The van der Waals surface area contributed by atoms with E-state index in [1.807, 2.05) is 25.1 Å². The summed E-state index contributed by atoms with van der Waals surface area (Å²) in [7, 11) is 5.19. The first-order chi connectivity index (χ1) is 18.4. The Kier molecular flexibility index (Phi) is 7.01. The summed E-state index contributed by atoms with van der Waals surface area (Å²) in [5.41, 5.74) is 3.16. The van der Waals surface area contributed by atoms with E-state index >= 15 is 4.39 Å². The first-order valence-corrected chi connectivity index (χ1v) is 12.3. The van der Waals surface area contributed by atoms with E-state index in [1.165, 1.54) is 19.4 Å². The van der Waals surface area contributed by atoms with Crippen molar-refractivity contribution < 1.29 is 18.7 Å². The van der Waals surface area contributed by atoms with Gasteiger partial charge in [0, 0.05) is 61.6 Å². The van der Waals surface area contributed by atoms with E-state index in [2.05, 4.69) is 42.4 Å². The van der Waals surface area contributed by atoms with E-state index in [1.54, 1.807) is 19.2 Å². The number of carbonyl (C=O) groups excluding carboxylic acids is 1. The number of methoxy groups -OCH3 is 1. The van der Waals surface area contributed by atoms with E-state index < -0.39 is 11.7 Å². The maximum Gasteiger partial charge on any atom is 0.260 e. The molecule has 38 heavy (non-hydrogen) atoms. The van der Waals surface area contributed by atoms with Crippen LogP contribution in [0.15, 0.2) is 42.7 Å². The molecule has 1 aliphatic rings. The first-order valence-electron chi connectivity index (χ1n) is 12.3. The molecule has 3 heterocycles. The molecule has 11 heteroatoms. The third-order valence-electron chi connectivity index (χ3n) is 6.62. The Bertz CT molecular complexity index is 1480. The SMILES string of the molecule is CNC(=O)c1c(Nc2ccc(N3CCN(C)CC3)cc2OC)ncnc1Oc1ccc2[nH]c(C)cc2c1F. The number of rotatable bonds is 7. The minimum Gasteiger partial charge on any atom is -0.494 e. The zero-order valence-corrected chi connectivity index (χ0v) is 21.8. The van der Waals surface area contributed by atoms with Crippen molar-refractivity contribution in [1.82, 2.24) is 25.2 Å². The predicted molar refractivity (Wildman–Crippen MR) is 144 cm³/mol. The lowest BCUT2D eigenvalue weighted by atomic mass is 10.2. The van der Waals surface area contributed by atoms with E-state index in [0.717, 1.165) is 37.6 Å². The summed E-state index contributed by atoms with van der Waals surface area (Å²) in [6, 6.07) is 10.7. The Hall–Kier alpha value is -4.38. The summed E-state index contributed by atoms with van der Waals surface area (Å²) in [6.07, 6.45) is 1.26. The number of benzene rings is 2. The van der Waals surface area contributed by atoms with Crippen LogP contribution in [0, 0.1) is 12.7 Å². The highest BCUT2D eigenvalue weighted by Gasteiger charge is 2.23. The zero-order valence-electron chi connectivity index (χ0n) is 21.8. The molecule has 0 spiro atoms. The minimum absolute atomic E-state index is 0.0324. The molecule has 0 aliphatic carbocycles. The highest BCUT2D eigenvalue weighted by atomic mass is 19.1. The van der Waals surface area contributed by atoms with Crippen LogP contribution in [0.2, 0.25) is 0 Å². The number of nitrogens with one attached hydrogen (secondary N) is 3. The molecule has 0 atom stereocenters. The molecule has 4 aromatic rings. The van der Waals surface area contributed by atoms with Gasteiger partial charge < -0.3 is 34.9 Å². The largest absolute Gasteiger partial charge is 0.494 e. The molecule has 1 aliphatic heterocycles. The molecule has 198 valence electrons. The number of aromatic amines is 1. The summed E-state index contributed by atoms with van der Waals surface area (Å²) in [6.45, 7) is 5.66. The highest BCUT2D eigenvalue weighted by molar-refractivity contribution is 6.01. The number of piperazine rings is 1. The van der Waals surface area contributed by atoms with Crippen molar-refractivity contribution in [3.8, 4) is 17.4 Å². The van der Waals surface area contributed by atoms with Gasteiger partial charge in [0.15, 0.2) is 17.4 Å². The fourth-order valence-electron chi connectivity index (χ4n) is 4.51. The van der Waals surface area contributed by atoms with Gasteiger partial charge in [-0.3, -0.25) is 4.79 Å². The highest BCUT2D eigenvalue weighted by Crippen LogP contribution is 2.36. The maximum absolute atomic E-state index is 15.2. The monoisotopic (exact) mass is 519 g/mol. The molecule has 0 saturated carbocycles. The quantitative estimate of drug-likeness (QED) is 0.336. The van der Waals surface area contributed by atoms with Gasteiger partial charge in [0.1, 0.15) is 17.6 Å². The average molecular weight is 520 g/mol. The molecule has 0 unspecified atom stereocenters. The second kappa shape index (κ2) is 10.5. The number of likely N-dealkylation sites (N-methyl/N-ethyl adjacent to an activating group) is 1. The molecule has 1 saturated heterocycles. The normalized spacial score (nSPS) is 14.0. The van der Waals surface area contributed by atoms with Crippen molar-refractivity contribution >= 4 is 34.0 Å². The molecule has 5 rings (SSSR count). The number of halogens is 1. The number of fused-ring (bicyclic) bond motifs is 1. The first kappa shape index (κ1) is 25.3. The van der Waals surface area contributed by atoms with E-state index in [-0.39, 0.29) is 23.0 Å². The molecule has 1 amide bonds. The Balaban J connectivity index is 1.47. The molecular weight excluding hydrogens is 489 g/mol. The number of aromatic nitrogens is 3. The Morgan fingerprint density at radius 3 is 2.61 bits per heavy atom. The number of hydrogen-bond donors (Lipinski definition) is 3. The molecule has 0 radical (unpaired) electrons. The third kappa shape index (κ3) is 4.92. The molecule has 0 bridgehead atoms. The second-order valence-electron chi connectivity index (χ2n) is 9.17. The molecule has 1 fully saturated rings. The Morgan fingerprint density at radius 1 is 1.08 bits per heavy atom. The van der Waals surface area contributed by atoms with Crippen molar-refractivity contribution in [3.05, 3.63) is 59.8 Å². The van der Waals surface area contributed by atoms with Crippen LogP contribution in [0.25, 0.3) is 10.9 Å². The fraction of sp³-hybridized carbons (Fsp3) is 0.296. The van der Waals surface area contributed by atoms with Gasteiger partial charge in [0.05, 0.1) is 12.8 Å². The minimum atomic E-state index is -0.552. The second-order valence-corrected chi connectivity index (χ2v) is 9.17. The average Bonchev–Trinajstić information content (AvgIpc) is 3.32. The molecule has 10 nitrogen and oxygen atoms in total. The van der Waals surface area contributed by atoms with Crippen LogP contribution >= 0.6 is 0 Å². The number of amides is 1. The number of hydrogen-bond acceptors (Lipinski definition) is 8. The van der Waals surface area contributed by atoms with Gasteiger partial charge in [-0.25, -0.2) is 14.4 Å². The summed E-state index contributed by atoms with van der Waals surface area (Å²) < 4.78 is 26.7. The van der Waals surface area contributed by atoms with Crippen LogP contribution in [-0.4, -0.2) is 73.1 Å².